The van der Waals surface area contributed by atoms with Crippen molar-refractivity contribution in [2.24, 2.45) is 0 Å². The molecule has 0 aliphatic heterocycles. The normalized spacial score (nSPS) is 10.1. The fourth-order valence-corrected chi connectivity index (χ4v) is 1.09. The van der Waals surface area contributed by atoms with Gasteiger partial charge in [0.25, 0.3) is 5.91 Å². The van der Waals surface area contributed by atoms with Crippen molar-refractivity contribution < 1.29 is 24.0 Å². The molecule has 1 aromatic rings. The largest absolute Gasteiger partial charge is 0.480 e. The SMILES string of the molecule is COCc1cc(C(=O)N(C)CC(=O)O)no1. The van der Waals surface area contributed by atoms with Gasteiger partial charge in [-0.15, -0.1) is 0 Å². The lowest BCUT2D eigenvalue weighted by molar-refractivity contribution is -0.137. The van der Waals surface area contributed by atoms with Gasteiger partial charge in [0.15, 0.2) is 11.5 Å². The summed E-state index contributed by atoms with van der Waals surface area (Å²) >= 11 is 0. The third-order valence-corrected chi connectivity index (χ3v) is 1.78. The van der Waals surface area contributed by atoms with Gasteiger partial charge < -0.3 is 19.3 Å². The maximum absolute atomic E-state index is 11.6. The first kappa shape index (κ1) is 12.2. The first-order chi connectivity index (χ1) is 7.54. The molecular formula is C9H12N2O5. The Morgan fingerprint density at radius 1 is 1.62 bits per heavy atom. The summed E-state index contributed by atoms with van der Waals surface area (Å²) in [4.78, 5) is 23.0. The molecule has 0 aromatic carbocycles. The molecule has 0 aliphatic rings. The van der Waals surface area contributed by atoms with E-state index in [0.29, 0.717) is 5.76 Å². The molecule has 0 unspecified atom stereocenters. The lowest BCUT2D eigenvalue weighted by atomic mass is 10.3. The van der Waals surface area contributed by atoms with Crippen LogP contribution in [0.25, 0.3) is 0 Å². The standard InChI is InChI=1S/C9H12N2O5/c1-11(4-8(12)13)9(14)7-3-6(5-15-2)16-10-7/h3H,4-5H2,1-2H3,(H,12,13). The van der Waals surface area contributed by atoms with E-state index in [1.165, 1.54) is 20.2 Å². The third kappa shape index (κ3) is 3.06. The van der Waals surface area contributed by atoms with Crippen LogP contribution in [-0.2, 0) is 16.1 Å². The first-order valence-electron chi connectivity index (χ1n) is 4.46. The molecule has 16 heavy (non-hydrogen) atoms. The van der Waals surface area contributed by atoms with Crippen LogP contribution in [0.5, 0.6) is 0 Å². The summed E-state index contributed by atoms with van der Waals surface area (Å²) in [7, 11) is 2.86. The molecule has 0 bridgehead atoms. The number of nitrogens with zero attached hydrogens (tertiary/aromatic N) is 2. The van der Waals surface area contributed by atoms with Gasteiger partial charge in [-0.1, -0.05) is 5.16 Å². The fourth-order valence-electron chi connectivity index (χ4n) is 1.09. The van der Waals surface area contributed by atoms with Crippen LogP contribution in [0.15, 0.2) is 10.6 Å². The molecule has 1 rings (SSSR count). The van der Waals surface area contributed by atoms with E-state index in [0.717, 1.165) is 4.90 Å². The molecule has 0 spiro atoms. The predicted molar refractivity (Wildman–Crippen MR) is 51.8 cm³/mol. The van der Waals surface area contributed by atoms with Crippen molar-refractivity contribution >= 4 is 11.9 Å². The molecule has 1 N–H and O–H groups in total. The van der Waals surface area contributed by atoms with Crippen molar-refractivity contribution in [2.75, 3.05) is 20.7 Å². The Bertz CT molecular complexity index is 387. The van der Waals surface area contributed by atoms with Gasteiger partial charge in [0, 0.05) is 20.2 Å². The predicted octanol–water partition coefficient (Wildman–Crippen LogP) is -0.0224. The molecule has 0 saturated heterocycles. The Morgan fingerprint density at radius 2 is 2.31 bits per heavy atom. The minimum absolute atomic E-state index is 0.0656. The van der Waals surface area contributed by atoms with E-state index in [1.54, 1.807) is 0 Å². The quantitative estimate of drug-likeness (QED) is 0.761. The Hall–Kier alpha value is -1.89. The van der Waals surface area contributed by atoms with Gasteiger partial charge in [0.2, 0.25) is 0 Å². The molecule has 1 heterocycles. The number of hydrogen-bond donors (Lipinski definition) is 1. The van der Waals surface area contributed by atoms with Gasteiger partial charge in [-0.2, -0.15) is 0 Å². The van der Waals surface area contributed by atoms with Gasteiger partial charge in [0.1, 0.15) is 13.2 Å². The monoisotopic (exact) mass is 228 g/mol. The number of carbonyl (C=O) groups excluding carboxylic acids is 1. The zero-order chi connectivity index (χ0) is 12.1. The summed E-state index contributed by atoms with van der Waals surface area (Å²) in [6.07, 6.45) is 0. The number of ether oxygens (including phenoxy) is 1. The highest BCUT2D eigenvalue weighted by Crippen LogP contribution is 2.06. The number of methoxy groups -OCH3 is 1. The zero-order valence-electron chi connectivity index (χ0n) is 8.97. The number of likely N-dealkylation sites (N-methyl/N-ethyl adjacent to an activating group) is 1. The Balaban J connectivity index is 2.68. The number of carboxylic acid groups (broad SMARTS) is 1. The zero-order valence-corrected chi connectivity index (χ0v) is 8.97. The summed E-state index contributed by atoms with van der Waals surface area (Å²) in [5.74, 6) is -1.18. The van der Waals surface area contributed by atoms with E-state index in [2.05, 4.69) is 5.16 Å². The van der Waals surface area contributed by atoms with E-state index in [9.17, 15) is 9.59 Å². The van der Waals surface area contributed by atoms with Gasteiger partial charge in [-0.25, -0.2) is 0 Å². The number of amides is 1. The Morgan fingerprint density at radius 3 is 2.88 bits per heavy atom. The minimum Gasteiger partial charge on any atom is -0.480 e. The van der Waals surface area contributed by atoms with Crippen LogP contribution in [-0.4, -0.2) is 47.7 Å². The third-order valence-electron chi connectivity index (χ3n) is 1.78. The highest BCUT2D eigenvalue weighted by molar-refractivity contribution is 5.93. The molecule has 7 heteroatoms. The van der Waals surface area contributed by atoms with Crippen molar-refractivity contribution in [1.82, 2.24) is 10.1 Å². The lowest BCUT2D eigenvalue weighted by Crippen LogP contribution is -2.32. The van der Waals surface area contributed by atoms with E-state index >= 15 is 0 Å². The molecule has 1 amide bonds. The molecule has 1 aromatic heterocycles. The molecule has 7 nitrogen and oxygen atoms in total. The number of rotatable bonds is 5. The van der Waals surface area contributed by atoms with Crippen LogP contribution >= 0.6 is 0 Å². The molecule has 0 atom stereocenters. The molecule has 0 fully saturated rings. The van der Waals surface area contributed by atoms with Crippen molar-refractivity contribution in [1.29, 1.82) is 0 Å². The number of carboxylic acids is 1. The average molecular weight is 228 g/mol. The summed E-state index contributed by atoms with van der Waals surface area (Å²) in [5, 5.41) is 12.0. The summed E-state index contributed by atoms with van der Waals surface area (Å²) < 4.78 is 9.60. The highest BCUT2D eigenvalue weighted by atomic mass is 16.5. The van der Waals surface area contributed by atoms with Crippen molar-refractivity contribution in [3.63, 3.8) is 0 Å². The van der Waals surface area contributed by atoms with Crippen LogP contribution in [0, 0.1) is 0 Å². The van der Waals surface area contributed by atoms with Gasteiger partial charge >= 0.3 is 5.97 Å². The van der Waals surface area contributed by atoms with Crippen molar-refractivity contribution in [2.45, 2.75) is 6.61 Å². The van der Waals surface area contributed by atoms with Crippen molar-refractivity contribution in [3.8, 4) is 0 Å². The summed E-state index contributed by atoms with van der Waals surface area (Å²) in [6, 6.07) is 1.42. The van der Waals surface area contributed by atoms with Crippen LogP contribution in [0.2, 0.25) is 0 Å². The Kier molecular flexibility index (Phi) is 4.01. The van der Waals surface area contributed by atoms with Gasteiger partial charge in [0.05, 0.1) is 0 Å². The average Bonchev–Trinajstić information content (AvgIpc) is 2.64. The fraction of sp³-hybridized carbons (Fsp3) is 0.444. The maximum Gasteiger partial charge on any atom is 0.323 e. The molecule has 0 saturated carbocycles. The topological polar surface area (TPSA) is 92.9 Å². The van der Waals surface area contributed by atoms with E-state index in [-0.39, 0.29) is 18.8 Å². The second kappa shape index (κ2) is 5.26. The van der Waals surface area contributed by atoms with Gasteiger partial charge in [-0.3, -0.25) is 9.59 Å². The number of aliphatic carboxylic acids is 1. The minimum atomic E-state index is -1.09. The van der Waals surface area contributed by atoms with E-state index in [1.807, 2.05) is 0 Å². The van der Waals surface area contributed by atoms with Crippen LogP contribution in [0.1, 0.15) is 16.2 Å². The second-order valence-electron chi connectivity index (χ2n) is 3.17. The number of aromatic nitrogens is 1. The first-order valence-corrected chi connectivity index (χ1v) is 4.46. The highest BCUT2D eigenvalue weighted by Gasteiger charge is 2.18. The van der Waals surface area contributed by atoms with Crippen molar-refractivity contribution in [3.05, 3.63) is 17.5 Å². The lowest BCUT2D eigenvalue weighted by Gasteiger charge is -2.11. The van der Waals surface area contributed by atoms with Crippen LogP contribution in [0.3, 0.4) is 0 Å². The van der Waals surface area contributed by atoms with Crippen LogP contribution in [0.4, 0.5) is 0 Å². The Labute approximate surface area is 91.6 Å². The molecular weight excluding hydrogens is 216 g/mol. The van der Waals surface area contributed by atoms with Gasteiger partial charge in [-0.05, 0) is 0 Å². The summed E-state index contributed by atoms with van der Waals surface area (Å²) in [5.41, 5.74) is 0.0656. The smallest absolute Gasteiger partial charge is 0.323 e. The van der Waals surface area contributed by atoms with E-state index in [4.69, 9.17) is 14.4 Å². The summed E-state index contributed by atoms with van der Waals surface area (Å²) in [6.45, 7) is -0.172. The number of hydrogen-bond acceptors (Lipinski definition) is 5. The molecule has 88 valence electrons. The number of carbonyl (C=O) groups is 2. The molecule has 0 radical (unpaired) electrons. The van der Waals surface area contributed by atoms with Crippen LogP contribution < -0.4 is 0 Å². The van der Waals surface area contributed by atoms with E-state index < -0.39 is 11.9 Å². The molecule has 0 aliphatic carbocycles. The second-order valence-corrected chi connectivity index (χ2v) is 3.17. The maximum atomic E-state index is 11.6.